The van der Waals surface area contributed by atoms with Crippen molar-refractivity contribution in [2.75, 3.05) is 19.5 Å². The van der Waals surface area contributed by atoms with Crippen molar-refractivity contribution in [1.82, 2.24) is 15.0 Å². The van der Waals surface area contributed by atoms with E-state index in [0.717, 1.165) is 5.69 Å². The maximum absolute atomic E-state index is 11.7. The van der Waals surface area contributed by atoms with Gasteiger partial charge in [-0.05, 0) is 24.6 Å². The predicted octanol–water partition coefficient (Wildman–Crippen LogP) is 2.13. The summed E-state index contributed by atoms with van der Waals surface area (Å²) >= 11 is 1.19. The zero-order valence-electron chi connectivity index (χ0n) is 13.2. The van der Waals surface area contributed by atoms with Crippen LogP contribution >= 0.6 is 11.8 Å². The van der Waals surface area contributed by atoms with Crippen LogP contribution in [0.25, 0.3) is 11.4 Å². The predicted molar refractivity (Wildman–Crippen MR) is 88.2 cm³/mol. The van der Waals surface area contributed by atoms with E-state index in [0.29, 0.717) is 17.3 Å². The molecule has 0 amide bonds. The van der Waals surface area contributed by atoms with Crippen molar-refractivity contribution < 1.29 is 19.1 Å². The van der Waals surface area contributed by atoms with Crippen LogP contribution in [-0.4, -0.2) is 46.4 Å². The van der Waals surface area contributed by atoms with Gasteiger partial charge in [0.15, 0.2) is 5.16 Å². The zero-order valence-corrected chi connectivity index (χ0v) is 14.0. The van der Waals surface area contributed by atoms with Gasteiger partial charge in [0.2, 0.25) is 0 Å². The summed E-state index contributed by atoms with van der Waals surface area (Å²) < 4.78 is 9.54. The van der Waals surface area contributed by atoms with Gasteiger partial charge in [-0.15, -0.1) is 0 Å². The molecule has 0 bridgehead atoms. The lowest BCUT2D eigenvalue weighted by molar-refractivity contribution is -0.144. The third-order valence-corrected chi connectivity index (χ3v) is 3.73. The fourth-order valence-electron chi connectivity index (χ4n) is 1.74. The molecule has 0 N–H and O–H groups in total. The lowest BCUT2D eigenvalue weighted by Crippen LogP contribution is -2.10. The molecule has 2 rings (SSSR count). The van der Waals surface area contributed by atoms with Gasteiger partial charge in [0.05, 0.1) is 30.9 Å². The molecule has 0 aliphatic carbocycles. The summed E-state index contributed by atoms with van der Waals surface area (Å²) in [5.41, 5.74) is 1.44. The monoisotopic (exact) mass is 347 g/mol. The second kappa shape index (κ2) is 9.61. The van der Waals surface area contributed by atoms with Gasteiger partial charge in [-0.1, -0.05) is 17.8 Å². The number of carbonyl (C=O) groups is 2. The topological polar surface area (TPSA) is 91.3 Å². The number of rotatable bonds is 8. The van der Waals surface area contributed by atoms with Gasteiger partial charge < -0.3 is 9.47 Å². The summed E-state index contributed by atoms with van der Waals surface area (Å²) in [7, 11) is 1.32. The Morgan fingerprint density at radius 1 is 1.08 bits per heavy atom. The molecule has 0 aliphatic rings. The first-order valence-electron chi connectivity index (χ1n) is 7.28. The highest BCUT2D eigenvalue weighted by Gasteiger charge is 2.09. The van der Waals surface area contributed by atoms with E-state index in [1.807, 2.05) is 18.2 Å². The van der Waals surface area contributed by atoms with Crippen LogP contribution in [0.5, 0.6) is 0 Å². The zero-order chi connectivity index (χ0) is 17.2. The first-order chi connectivity index (χ1) is 11.7. The summed E-state index contributed by atoms with van der Waals surface area (Å²) in [6.07, 6.45) is 3.98. The maximum atomic E-state index is 11.7. The fourth-order valence-corrected chi connectivity index (χ4v) is 2.37. The smallest absolute Gasteiger partial charge is 0.316 e. The number of methoxy groups -OCH3 is 1. The summed E-state index contributed by atoms with van der Waals surface area (Å²) in [5.74, 6) is -0.596. The van der Waals surface area contributed by atoms with Crippen molar-refractivity contribution in [2.24, 2.45) is 0 Å². The molecule has 2 heterocycles. The molecule has 0 saturated carbocycles. The maximum Gasteiger partial charge on any atom is 0.316 e. The summed E-state index contributed by atoms with van der Waals surface area (Å²) in [6, 6.07) is 7.32. The molecule has 0 saturated heterocycles. The lowest BCUT2D eigenvalue weighted by atomic mass is 10.3. The van der Waals surface area contributed by atoms with E-state index in [4.69, 9.17) is 4.74 Å². The number of ether oxygens (including phenoxy) is 2. The van der Waals surface area contributed by atoms with Crippen molar-refractivity contribution >= 4 is 23.7 Å². The minimum atomic E-state index is -0.378. The highest BCUT2D eigenvalue weighted by atomic mass is 32.2. The number of hydrogen-bond acceptors (Lipinski definition) is 8. The normalized spacial score (nSPS) is 10.2. The molecule has 0 unspecified atom stereocenters. The molecular weight excluding hydrogens is 330 g/mol. The van der Waals surface area contributed by atoms with Gasteiger partial charge in [0, 0.05) is 18.8 Å². The van der Waals surface area contributed by atoms with E-state index >= 15 is 0 Å². The van der Waals surface area contributed by atoms with Crippen LogP contribution in [0.3, 0.4) is 0 Å². The van der Waals surface area contributed by atoms with E-state index in [2.05, 4.69) is 19.7 Å². The summed E-state index contributed by atoms with van der Waals surface area (Å²) in [4.78, 5) is 35.3. The van der Waals surface area contributed by atoms with Crippen molar-refractivity contribution in [3.63, 3.8) is 0 Å². The fraction of sp³-hybridized carbons (Fsp3) is 0.312. The SMILES string of the molecule is COC(=O)CCCOC(=O)CSc1nccc(-c2ccccn2)n1. The van der Waals surface area contributed by atoms with Crippen molar-refractivity contribution in [3.05, 3.63) is 36.7 Å². The minimum absolute atomic E-state index is 0.101. The Labute approximate surface area is 143 Å². The number of pyridine rings is 1. The third-order valence-electron chi connectivity index (χ3n) is 2.90. The quantitative estimate of drug-likeness (QED) is 0.310. The lowest BCUT2D eigenvalue weighted by Gasteiger charge is -2.05. The molecule has 0 atom stereocenters. The van der Waals surface area contributed by atoms with E-state index in [-0.39, 0.29) is 30.7 Å². The van der Waals surface area contributed by atoms with Crippen molar-refractivity contribution in [2.45, 2.75) is 18.0 Å². The van der Waals surface area contributed by atoms with Crippen LogP contribution < -0.4 is 0 Å². The molecule has 0 aromatic carbocycles. The third kappa shape index (κ3) is 5.96. The van der Waals surface area contributed by atoms with Crippen LogP contribution in [0.15, 0.2) is 41.8 Å². The summed E-state index contributed by atoms with van der Waals surface area (Å²) in [6.45, 7) is 0.184. The van der Waals surface area contributed by atoms with E-state index in [9.17, 15) is 9.59 Å². The molecule has 0 fully saturated rings. The molecule has 7 nitrogen and oxygen atoms in total. The Hall–Kier alpha value is -2.48. The molecule has 2 aromatic rings. The molecule has 2 aromatic heterocycles. The van der Waals surface area contributed by atoms with Crippen LogP contribution in [0.2, 0.25) is 0 Å². The van der Waals surface area contributed by atoms with Gasteiger partial charge >= 0.3 is 11.9 Å². The first kappa shape index (κ1) is 17.9. The van der Waals surface area contributed by atoms with Crippen LogP contribution in [0.4, 0.5) is 0 Å². The molecule has 8 heteroatoms. The Balaban J connectivity index is 1.78. The summed E-state index contributed by atoms with van der Waals surface area (Å²) in [5, 5.41) is 0.477. The van der Waals surface area contributed by atoms with Gasteiger partial charge in [0.1, 0.15) is 0 Å². The largest absolute Gasteiger partial charge is 0.469 e. The molecule has 0 radical (unpaired) electrons. The Morgan fingerprint density at radius 3 is 2.71 bits per heavy atom. The molecule has 0 aliphatic heterocycles. The average molecular weight is 347 g/mol. The Kier molecular flexibility index (Phi) is 7.16. The van der Waals surface area contributed by atoms with Crippen molar-refractivity contribution in [1.29, 1.82) is 0 Å². The molecule has 126 valence electrons. The minimum Gasteiger partial charge on any atom is -0.469 e. The highest BCUT2D eigenvalue weighted by molar-refractivity contribution is 7.99. The van der Waals surface area contributed by atoms with Gasteiger partial charge in [-0.3, -0.25) is 14.6 Å². The van der Waals surface area contributed by atoms with Crippen molar-refractivity contribution in [3.8, 4) is 11.4 Å². The van der Waals surface area contributed by atoms with Gasteiger partial charge in [-0.2, -0.15) is 0 Å². The van der Waals surface area contributed by atoms with Gasteiger partial charge in [-0.25, -0.2) is 9.97 Å². The van der Waals surface area contributed by atoms with Gasteiger partial charge in [0.25, 0.3) is 0 Å². The number of esters is 2. The molecule has 0 spiro atoms. The number of thioether (sulfide) groups is 1. The first-order valence-corrected chi connectivity index (χ1v) is 8.27. The number of aromatic nitrogens is 3. The van der Waals surface area contributed by atoms with Crippen LogP contribution in [0, 0.1) is 0 Å². The Morgan fingerprint density at radius 2 is 1.96 bits per heavy atom. The standard InChI is InChI=1S/C16H17N3O4S/c1-22-14(20)6-4-10-23-15(21)11-24-16-18-9-7-13(19-16)12-5-2-3-8-17-12/h2-3,5,7-9H,4,6,10-11H2,1H3. The number of nitrogens with zero attached hydrogens (tertiary/aromatic N) is 3. The highest BCUT2D eigenvalue weighted by Crippen LogP contribution is 2.18. The average Bonchev–Trinajstić information content (AvgIpc) is 2.64. The van der Waals surface area contributed by atoms with E-state index in [1.54, 1.807) is 18.5 Å². The number of hydrogen-bond donors (Lipinski definition) is 0. The van der Waals surface area contributed by atoms with E-state index < -0.39 is 0 Å². The molecular formula is C16H17N3O4S. The second-order valence-electron chi connectivity index (χ2n) is 4.63. The number of carbonyl (C=O) groups excluding carboxylic acids is 2. The Bertz CT molecular complexity index is 682. The molecule has 24 heavy (non-hydrogen) atoms. The second-order valence-corrected chi connectivity index (χ2v) is 5.57. The van der Waals surface area contributed by atoms with E-state index in [1.165, 1.54) is 18.9 Å². The van der Waals surface area contributed by atoms with Crippen LogP contribution in [0.1, 0.15) is 12.8 Å². The van der Waals surface area contributed by atoms with Crippen LogP contribution in [-0.2, 0) is 19.1 Å².